The van der Waals surface area contributed by atoms with Crippen molar-refractivity contribution in [2.75, 3.05) is 13.1 Å². The number of amides is 1. The van der Waals surface area contributed by atoms with E-state index in [2.05, 4.69) is 20.5 Å². The molecule has 1 aliphatic rings. The van der Waals surface area contributed by atoms with Gasteiger partial charge in [-0.15, -0.1) is 0 Å². The smallest absolute Gasteiger partial charge is 0.272 e. The van der Waals surface area contributed by atoms with Gasteiger partial charge < -0.3 is 9.84 Å². The predicted octanol–water partition coefficient (Wildman–Crippen LogP) is 1.42. The SMILES string of the molecule is Cc1noc(C)c1CN1CCCC(NC(=O)c2ccn(C)n2)C1. The zero-order chi connectivity index (χ0) is 16.4. The number of carbonyl (C=O) groups excluding carboxylic acids is 1. The number of aromatic nitrogens is 3. The van der Waals surface area contributed by atoms with Crippen LogP contribution in [0.4, 0.5) is 0 Å². The van der Waals surface area contributed by atoms with Gasteiger partial charge in [0.15, 0.2) is 0 Å². The van der Waals surface area contributed by atoms with Gasteiger partial charge in [-0.25, -0.2) is 0 Å². The third kappa shape index (κ3) is 3.61. The van der Waals surface area contributed by atoms with Gasteiger partial charge in [0.2, 0.25) is 0 Å². The van der Waals surface area contributed by atoms with E-state index in [1.165, 1.54) is 0 Å². The van der Waals surface area contributed by atoms with Crippen molar-refractivity contribution in [3.05, 3.63) is 35.0 Å². The first kappa shape index (κ1) is 15.7. The Kier molecular flexibility index (Phi) is 4.47. The van der Waals surface area contributed by atoms with Crippen molar-refractivity contribution < 1.29 is 9.32 Å². The van der Waals surface area contributed by atoms with Crippen molar-refractivity contribution in [1.29, 1.82) is 0 Å². The normalized spacial score (nSPS) is 19.0. The molecule has 3 rings (SSSR count). The maximum absolute atomic E-state index is 12.2. The van der Waals surface area contributed by atoms with Gasteiger partial charge in [0.25, 0.3) is 5.91 Å². The lowest BCUT2D eigenvalue weighted by atomic mass is 10.0. The molecular formula is C16H23N5O2. The molecule has 0 bridgehead atoms. The summed E-state index contributed by atoms with van der Waals surface area (Å²) in [5.41, 5.74) is 2.57. The number of likely N-dealkylation sites (tertiary alicyclic amines) is 1. The summed E-state index contributed by atoms with van der Waals surface area (Å²) >= 11 is 0. The number of hydrogen-bond acceptors (Lipinski definition) is 5. The van der Waals surface area contributed by atoms with Crippen molar-refractivity contribution in [1.82, 2.24) is 25.2 Å². The summed E-state index contributed by atoms with van der Waals surface area (Å²) in [6, 6.07) is 1.89. The van der Waals surface area contributed by atoms with Crippen molar-refractivity contribution in [2.24, 2.45) is 7.05 Å². The summed E-state index contributed by atoms with van der Waals surface area (Å²) < 4.78 is 6.87. The van der Waals surface area contributed by atoms with E-state index in [9.17, 15) is 4.79 Å². The minimum absolute atomic E-state index is 0.102. The molecule has 23 heavy (non-hydrogen) atoms. The van der Waals surface area contributed by atoms with Gasteiger partial charge in [-0.3, -0.25) is 14.4 Å². The first-order chi connectivity index (χ1) is 11.0. The Morgan fingerprint density at radius 2 is 2.30 bits per heavy atom. The molecule has 1 N–H and O–H groups in total. The van der Waals surface area contributed by atoms with Crippen LogP contribution in [0.2, 0.25) is 0 Å². The summed E-state index contributed by atoms with van der Waals surface area (Å²) in [6.45, 7) is 6.59. The van der Waals surface area contributed by atoms with Gasteiger partial charge in [-0.1, -0.05) is 5.16 Å². The summed E-state index contributed by atoms with van der Waals surface area (Å²) in [4.78, 5) is 14.6. The molecular weight excluding hydrogens is 294 g/mol. The molecule has 1 fully saturated rings. The number of aryl methyl sites for hydroxylation is 3. The molecule has 3 heterocycles. The first-order valence-corrected chi connectivity index (χ1v) is 7.97. The topological polar surface area (TPSA) is 76.2 Å². The zero-order valence-corrected chi connectivity index (χ0v) is 13.9. The lowest BCUT2D eigenvalue weighted by Crippen LogP contribution is -2.47. The monoisotopic (exact) mass is 317 g/mol. The fourth-order valence-electron chi connectivity index (χ4n) is 3.06. The molecule has 1 atom stereocenters. The highest BCUT2D eigenvalue weighted by molar-refractivity contribution is 5.92. The fraction of sp³-hybridized carbons (Fsp3) is 0.562. The lowest BCUT2D eigenvalue weighted by Gasteiger charge is -2.32. The lowest BCUT2D eigenvalue weighted by molar-refractivity contribution is 0.0894. The average molecular weight is 317 g/mol. The molecule has 124 valence electrons. The maximum Gasteiger partial charge on any atom is 0.272 e. The van der Waals surface area contributed by atoms with Crippen LogP contribution in [0.5, 0.6) is 0 Å². The van der Waals surface area contributed by atoms with E-state index >= 15 is 0 Å². The number of rotatable bonds is 4. The van der Waals surface area contributed by atoms with Crippen molar-refractivity contribution in [2.45, 2.75) is 39.3 Å². The van der Waals surface area contributed by atoms with Gasteiger partial charge in [-0.05, 0) is 39.3 Å². The van der Waals surface area contributed by atoms with Crippen LogP contribution < -0.4 is 5.32 Å². The number of nitrogens with one attached hydrogen (secondary N) is 1. The second-order valence-corrected chi connectivity index (χ2v) is 6.23. The number of piperidine rings is 1. The molecule has 0 spiro atoms. The summed E-state index contributed by atoms with van der Waals surface area (Å²) in [5.74, 6) is 0.775. The molecule has 0 aliphatic carbocycles. The summed E-state index contributed by atoms with van der Waals surface area (Å²) in [6.07, 6.45) is 3.84. The Hall–Kier alpha value is -2.15. The summed E-state index contributed by atoms with van der Waals surface area (Å²) in [7, 11) is 1.81. The van der Waals surface area contributed by atoms with Crippen molar-refractivity contribution in [3.63, 3.8) is 0 Å². The Morgan fingerprint density at radius 1 is 1.48 bits per heavy atom. The minimum Gasteiger partial charge on any atom is -0.361 e. The number of carbonyl (C=O) groups is 1. The second-order valence-electron chi connectivity index (χ2n) is 6.23. The minimum atomic E-state index is -0.102. The molecule has 7 nitrogen and oxygen atoms in total. The Labute approximate surface area is 135 Å². The van der Waals surface area contributed by atoms with Crippen LogP contribution in [0.3, 0.4) is 0 Å². The standard InChI is InChI=1S/C16H23N5O2/c1-11-14(12(2)23-19-11)10-21-7-4-5-13(9-21)17-16(22)15-6-8-20(3)18-15/h6,8,13H,4-5,7,9-10H2,1-3H3,(H,17,22). The molecule has 0 radical (unpaired) electrons. The predicted molar refractivity (Wildman–Crippen MR) is 85.0 cm³/mol. The second kappa shape index (κ2) is 6.54. The van der Waals surface area contributed by atoms with Gasteiger partial charge in [0, 0.05) is 37.9 Å². The van der Waals surface area contributed by atoms with Crippen LogP contribution in [0, 0.1) is 13.8 Å². The highest BCUT2D eigenvalue weighted by atomic mass is 16.5. The van der Waals surface area contributed by atoms with Gasteiger partial charge >= 0.3 is 0 Å². The van der Waals surface area contributed by atoms with Crippen LogP contribution in [0.1, 0.15) is 40.3 Å². The van der Waals surface area contributed by atoms with E-state index < -0.39 is 0 Å². The Bertz CT molecular complexity index is 671. The molecule has 2 aromatic rings. The van der Waals surface area contributed by atoms with Crippen molar-refractivity contribution in [3.8, 4) is 0 Å². The Morgan fingerprint density at radius 3 is 2.96 bits per heavy atom. The highest BCUT2D eigenvalue weighted by Gasteiger charge is 2.24. The molecule has 0 aromatic carbocycles. The van der Waals surface area contributed by atoms with E-state index in [1.54, 1.807) is 16.9 Å². The third-order valence-corrected chi connectivity index (χ3v) is 4.35. The maximum atomic E-state index is 12.2. The van der Waals surface area contributed by atoms with Crippen molar-refractivity contribution >= 4 is 5.91 Å². The fourth-order valence-corrected chi connectivity index (χ4v) is 3.06. The van der Waals surface area contributed by atoms with E-state index in [4.69, 9.17) is 4.52 Å². The zero-order valence-electron chi connectivity index (χ0n) is 13.9. The van der Waals surface area contributed by atoms with E-state index in [0.717, 1.165) is 49.5 Å². The molecule has 2 aromatic heterocycles. The summed E-state index contributed by atoms with van der Waals surface area (Å²) in [5, 5.41) is 11.3. The Balaban J connectivity index is 1.59. The third-order valence-electron chi connectivity index (χ3n) is 4.35. The quantitative estimate of drug-likeness (QED) is 0.923. The molecule has 1 saturated heterocycles. The van der Waals surface area contributed by atoms with Crippen LogP contribution in [-0.2, 0) is 13.6 Å². The van der Waals surface area contributed by atoms with E-state index in [-0.39, 0.29) is 11.9 Å². The van der Waals surface area contributed by atoms with Crippen LogP contribution in [0.15, 0.2) is 16.8 Å². The first-order valence-electron chi connectivity index (χ1n) is 7.97. The molecule has 1 amide bonds. The van der Waals surface area contributed by atoms with Gasteiger partial charge in [0.05, 0.1) is 5.69 Å². The highest BCUT2D eigenvalue weighted by Crippen LogP contribution is 2.18. The largest absolute Gasteiger partial charge is 0.361 e. The van der Waals surface area contributed by atoms with E-state index in [0.29, 0.717) is 5.69 Å². The molecule has 1 aliphatic heterocycles. The van der Waals surface area contributed by atoms with Crippen LogP contribution in [-0.4, -0.2) is 44.9 Å². The molecule has 7 heteroatoms. The molecule has 0 saturated carbocycles. The number of hydrogen-bond donors (Lipinski definition) is 1. The van der Waals surface area contributed by atoms with Crippen LogP contribution in [0.25, 0.3) is 0 Å². The number of nitrogens with zero attached hydrogens (tertiary/aromatic N) is 4. The van der Waals surface area contributed by atoms with E-state index in [1.807, 2.05) is 20.9 Å². The molecule has 1 unspecified atom stereocenters. The van der Waals surface area contributed by atoms with Crippen LogP contribution >= 0.6 is 0 Å². The van der Waals surface area contributed by atoms with Gasteiger partial charge in [-0.2, -0.15) is 5.10 Å². The average Bonchev–Trinajstić information content (AvgIpc) is 3.09. The van der Waals surface area contributed by atoms with Gasteiger partial charge in [0.1, 0.15) is 11.5 Å².